The fourth-order valence-corrected chi connectivity index (χ4v) is 3.88. The molecule has 0 spiro atoms. The smallest absolute Gasteiger partial charge is 0.127 e. The van der Waals surface area contributed by atoms with Crippen molar-refractivity contribution in [3.63, 3.8) is 0 Å². The summed E-state index contributed by atoms with van der Waals surface area (Å²) in [5, 5.41) is 0. The lowest BCUT2D eigenvalue weighted by atomic mass is 9.79. The quantitative estimate of drug-likeness (QED) is 0.542. The van der Waals surface area contributed by atoms with Gasteiger partial charge in [0.15, 0.2) is 0 Å². The number of halogens is 1. The molecule has 0 bridgehead atoms. The van der Waals surface area contributed by atoms with Crippen LogP contribution in [-0.4, -0.2) is 0 Å². The van der Waals surface area contributed by atoms with Gasteiger partial charge in [0.25, 0.3) is 0 Å². The molecule has 136 valence electrons. The van der Waals surface area contributed by atoms with E-state index in [4.69, 9.17) is 0 Å². The van der Waals surface area contributed by atoms with Crippen molar-refractivity contribution in [2.75, 3.05) is 0 Å². The molecule has 0 amide bonds. The molecule has 0 saturated heterocycles. The van der Waals surface area contributed by atoms with Crippen molar-refractivity contribution in [1.29, 1.82) is 0 Å². The molecule has 1 saturated carbocycles. The second-order valence-electron chi connectivity index (χ2n) is 7.47. The molecular formula is C25H29F. The van der Waals surface area contributed by atoms with Crippen LogP contribution in [0.15, 0.2) is 42.5 Å². The maximum Gasteiger partial charge on any atom is 0.127 e. The minimum Gasteiger partial charge on any atom is -0.207 e. The normalized spacial score (nSPS) is 19.7. The highest BCUT2D eigenvalue weighted by Gasteiger charge is 2.21. The van der Waals surface area contributed by atoms with Crippen molar-refractivity contribution in [1.82, 2.24) is 0 Å². The van der Waals surface area contributed by atoms with Gasteiger partial charge >= 0.3 is 0 Å². The van der Waals surface area contributed by atoms with Gasteiger partial charge in [0, 0.05) is 11.5 Å². The van der Waals surface area contributed by atoms with Gasteiger partial charge in [-0.3, -0.25) is 0 Å². The maximum atomic E-state index is 14.0. The second-order valence-corrected chi connectivity index (χ2v) is 7.47. The van der Waals surface area contributed by atoms with Crippen molar-refractivity contribution in [2.45, 2.75) is 64.7 Å². The Labute approximate surface area is 157 Å². The van der Waals surface area contributed by atoms with Crippen LogP contribution >= 0.6 is 0 Å². The van der Waals surface area contributed by atoms with E-state index in [1.165, 1.54) is 24.0 Å². The highest BCUT2D eigenvalue weighted by Crippen LogP contribution is 2.35. The van der Waals surface area contributed by atoms with Gasteiger partial charge in [0.2, 0.25) is 0 Å². The molecule has 3 rings (SSSR count). The standard InChI is InChI=1S/C25H29F/c1-3-5-24-17-12-21(18-25(24)26)7-6-20-10-15-23(16-11-20)22-13-8-19(4-2)9-14-22/h8-9,12-14,17-18,20,23H,3-5,10-11,15-16H2,1-2H3/t20-,23-. The zero-order chi connectivity index (χ0) is 18.4. The van der Waals surface area contributed by atoms with E-state index in [1.807, 2.05) is 12.1 Å². The van der Waals surface area contributed by atoms with Gasteiger partial charge in [-0.1, -0.05) is 62.4 Å². The summed E-state index contributed by atoms with van der Waals surface area (Å²) in [6.45, 7) is 4.27. The molecule has 0 aliphatic heterocycles. The van der Waals surface area contributed by atoms with Gasteiger partial charge in [-0.25, -0.2) is 4.39 Å². The summed E-state index contributed by atoms with van der Waals surface area (Å²) < 4.78 is 14.0. The Morgan fingerprint density at radius 1 is 0.962 bits per heavy atom. The molecule has 26 heavy (non-hydrogen) atoms. The third-order valence-electron chi connectivity index (χ3n) is 5.58. The van der Waals surface area contributed by atoms with Gasteiger partial charge in [-0.2, -0.15) is 0 Å². The Morgan fingerprint density at radius 3 is 2.31 bits per heavy atom. The Balaban J connectivity index is 1.57. The molecule has 0 N–H and O–H groups in total. The molecule has 1 aliphatic carbocycles. The van der Waals surface area contributed by atoms with E-state index in [1.54, 1.807) is 6.07 Å². The lowest BCUT2D eigenvalue weighted by molar-refractivity contribution is 0.384. The summed E-state index contributed by atoms with van der Waals surface area (Å²) in [5.74, 6) is 7.60. The third kappa shape index (κ3) is 4.76. The molecule has 0 atom stereocenters. The summed E-state index contributed by atoms with van der Waals surface area (Å²) in [6, 6.07) is 14.6. The van der Waals surface area contributed by atoms with Crippen molar-refractivity contribution in [3.8, 4) is 11.8 Å². The van der Waals surface area contributed by atoms with Gasteiger partial charge in [-0.15, -0.1) is 0 Å². The van der Waals surface area contributed by atoms with Crippen molar-refractivity contribution in [2.24, 2.45) is 5.92 Å². The van der Waals surface area contributed by atoms with Gasteiger partial charge in [-0.05, 0) is 73.3 Å². The molecule has 0 unspecified atom stereocenters. The molecule has 1 heteroatoms. The molecule has 2 aromatic carbocycles. The predicted molar refractivity (Wildman–Crippen MR) is 108 cm³/mol. The van der Waals surface area contributed by atoms with Crippen LogP contribution in [0.3, 0.4) is 0 Å². The van der Waals surface area contributed by atoms with E-state index < -0.39 is 0 Å². The lowest BCUT2D eigenvalue weighted by Crippen LogP contribution is -2.12. The summed E-state index contributed by atoms with van der Waals surface area (Å²) in [6.07, 6.45) is 7.55. The second kappa shape index (κ2) is 9.04. The summed E-state index contributed by atoms with van der Waals surface area (Å²) in [7, 11) is 0. The zero-order valence-corrected chi connectivity index (χ0v) is 16.0. The van der Waals surface area contributed by atoms with Crippen LogP contribution in [0.2, 0.25) is 0 Å². The number of hydrogen-bond acceptors (Lipinski definition) is 0. The molecule has 0 nitrogen and oxygen atoms in total. The lowest BCUT2D eigenvalue weighted by Gasteiger charge is -2.26. The average Bonchev–Trinajstić information content (AvgIpc) is 2.69. The first kappa shape index (κ1) is 18.7. The predicted octanol–water partition coefficient (Wildman–Crippen LogP) is 6.67. The first-order valence-corrected chi connectivity index (χ1v) is 10.1. The largest absolute Gasteiger partial charge is 0.207 e. The Kier molecular flexibility index (Phi) is 6.51. The minimum atomic E-state index is -0.113. The first-order valence-electron chi connectivity index (χ1n) is 10.1. The number of benzene rings is 2. The minimum absolute atomic E-state index is 0.113. The monoisotopic (exact) mass is 348 g/mol. The molecular weight excluding hydrogens is 319 g/mol. The summed E-state index contributed by atoms with van der Waals surface area (Å²) in [4.78, 5) is 0. The van der Waals surface area contributed by atoms with Gasteiger partial charge in [0.05, 0.1) is 0 Å². The molecule has 1 fully saturated rings. The zero-order valence-electron chi connectivity index (χ0n) is 16.0. The third-order valence-corrected chi connectivity index (χ3v) is 5.58. The van der Waals surface area contributed by atoms with Crippen LogP contribution in [0.25, 0.3) is 0 Å². The summed E-state index contributed by atoms with van der Waals surface area (Å²) in [5.41, 5.74) is 4.49. The van der Waals surface area contributed by atoms with Gasteiger partial charge < -0.3 is 0 Å². The topological polar surface area (TPSA) is 0 Å². The van der Waals surface area contributed by atoms with Crippen LogP contribution in [0.4, 0.5) is 4.39 Å². The van der Waals surface area contributed by atoms with E-state index in [-0.39, 0.29) is 5.82 Å². The first-order chi connectivity index (χ1) is 12.7. The van der Waals surface area contributed by atoms with Crippen molar-refractivity contribution in [3.05, 3.63) is 70.5 Å². The number of rotatable bonds is 4. The Hall–Kier alpha value is -2.07. The molecule has 0 heterocycles. The van der Waals surface area contributed by atoms with Crippen LogP contribution in [0.1, 0.15) is 74.1 Å². The van der Waals surface area contributed by atoms with Crippen LogP contribution in [-0.2, 0) is 12.8 Å². The number of aryl methyl sites for hydroxylation is 2. The molecule has 0 aromatic heterocycles. The molecule has 2 aromatic rings. The van der Waals surface area contributed by atoms with Crippen LogP contribution in [0.5, 0.6) is 0 Å². The van der Waals surface area contributed by atoms with Crippen molar-refractivity contribution < 1.29 is 4.39 Å². The maximum absolute atomic E-state index is 14.0. The van der Waals surface area contributed by atoms with Crippen LogP contribution in [0, 0.1) is 23.6 Å². The molecule has 1 aliphatic rings. The van der Waals surface area contributed by atoms with E-state index in [0.717, 1.165) is 43.2 Å². The van der Waals surface area contributed by atoms with E-state index >= 15 is 0 Å². The van der Waals surface area contributed by atoms with Crippen molar-refractivity contribution >= 4 is 0 Å². The van der Waals surface area contributed by atoms with E-state index in [2.05, 4.69) is 50.0 Å². The van der Waals surface area contributed by atoms with Crippen LogP contribution < -0.4 is 0 Å². The average molecular weight is 349 g/mol. The Bertz CT molecular complexity index is 768. The fourth-order valence-electron chi connectivity index (χ4n) is 3.88. The van der Waals surface area contributed by atoms with E-state index in [0.29, 0.717) is 11.8 Å². The Morgan fingerprint density at radius 2 is 1.69 bits per heavy atom. The highest BCUT2D eigenvalue weighted by molar-refractivity contribution is 5.37. The highest BCUT2D eigenvalue weighted by atomic mass is 19.1. The SMILES string of the molecule is CCCc1ccc(C#C[C@H]2CC[C@H](c3ccc(CC)cc3)CC2)cc1F. The summed E-state index contributed by atoms with van der Waals surface area (Å²) >= 11 is 0. The van der Waals surface area contributed by atoms with Gasteiger partial charge in [0.1, 0.15) is 5.82 Å². The van der Waals surface area contributed by atoms with E-state index in [9.17, 15) is 4.39 Å². The fraction of sp³-hybridized carbons (Fsp3) is 0.440. The molecule has 0 radical (unpaired) electrons. The number of hydrogen-bond donors (Lipinski definition) is 0.